The van der Waals surface area contributed by atoms with Crippen molar-refractivity contribution in [2.75, 3.05) is 26.2 Å². The summed E-state index contributed by atoms with van der Waals surface area (Å²) in [4.78, 5) is 32.1. The van der Waals surface area contributed by atoms with E-state index in [1.165, 1.54) is 4.57 Å². The molecule has 1 saturated heterocycles. The van der Waals surface area contributed by atoms with E-state index in [9.17, 15) is 9.59 Å². The van der Waals surface area contributed by atoms with Gasteiger partial charge in [0.05, 0.1) is 16.9 Å². The van der Waals surface area contributed by atoms with Gasteiger partial charge in [-0.15, -0.1) is 0 Å². The number of aromatic nitrogens is 2. The normalized spacial score (nSPS) is 15.1. The van der Waals surface area contributed by atoms with Crippen LogP contribution in [0.25, 0.3) is 16.9 Å². The van der Waals surface area contributed by atoms with E-state index in [2.05, 4.69) is 27.1 Å². The second-order valence-corrected chi connectivity index (χ2v) is 7.23. The molecule has 2 aromatic heterocycles. The van der Waals surface area contributed by atoms with Crippen LogP contribution < -0.4 is 16.4 Å². The fourth-order valence-electron chi connectivity index (χ4n) is 3.71. The zero-order valence-electron chi connectivity index (χ0n) is 17.9. The summed E-state index contributed by atoms with van der Waals surface area (Å²) in [5.74, 6) is -0.607. The maximum absolute atomic E-state index is 13.1. The summed E-state index contributed by atoms with van der Waals surface area (Å²) >= 11 is 0. The van der Waals surface area contributed by atoms with Gasteiger partial charge in [0.15, 0.2) is 5.58 Å². The molecule has 3 aromatic rings. The number of hydrogen-bond donors (Lipinski definition) is 2. The quantitative estimate of drug-likeness (QED) is 0.583. The lowest BCUT2D eigenvalue weighted by Gasteiger charge is -2.32. The lowest BCUT2D eigenvalue weighted by molar-refractivity contribution is 0.0959. The Bertz CT molecular complexity index is 1260. The largest absolute Gasteiger partial charge is 0.425 e. The first-order valence-electron chi connectivity index (χ1n) is 10.5. The van der Waals surface area contributed by atoms with Gasteiger partial charge in [-0.2, -0.15) is 0 Å². The molecule has 0 atom stereocenters. The third-order valence-electron chi connectivity index (χ3n) is 5.23. The van der Waals surface area contributed by atoms with Gasteiger partial charge in [-0.1, -0.05) is 36.9 Å². The van der Waals surface area contributed by atoms with Crippen LogP contribution in [0.4, 0.5) is 0 Å². The molecule has 1 aliphatic heterocycles. The first kappa shape index (κ1) is 21.3. The number of piperazine rings is 1. The monoisotopic (exact) mass is 431 g/mol. The molecule has 32 heavy (non-hydrogen) atoms. The van der Waals surface area contributed by atoms with Crippen molar-refractivity contribution in [1.29, 1.82) is 0 Å². The molecule has 8 nitrogen and oxygen atoms in total. The average molecular weight is 431 g/mol. The first-order chi connectivity index (χ1) is 15.6. The number of hydrogen-bond acceptors (Lipinski definition) is 6. The summed E-state index contributed by atoms with van der Waals surface area (Å²) in [6.07, 6.45) is 5.46. The topological polar surface area (TPSA) is 92.4 Å². The number of fused-ring (bicyclic) bond motifs is 1. The van der Waals surface area contributed by atoms with E-state index in [-0.39, 0.29) is 11.6 Å². The number of carbonyl (C=O) groups is 1. The predicted octanol–water partition coefficient (Wildman–Crippen LogP) is 2.59. The number of rotatable bonds is 6. The highest BCUT2D eigenvalue weighted by Gasteiger charge is 2.19. The minimum atomic E-state index is -0.555. The smallest absolute Gasteiger partial charge is 0.407 e. The van der Waals surface area contributed by atoms with E-state index in [1.807, 2.05) is 25.1 Å². The highest BCUT2D eigenvalue weighted by molar-refractivity contribution is 5.94. The van der Waals surface area contributed by atoms with Gasteiger partial charge in [0.25, 0.3) is 5.91 Å². The second-order valence-electron chi connectivity index (χ2n) is 7.23. The van der Waals surface area contributed by atoms with Crippen molar-refractivity contribution in [1.82, 2.24) is 25.1 Å². The number of carbonyl (C=O) groups excluding carboxylic acids is 1. The summed E-state index contributed by atoms with van der Waals surface area (Å²) in [5.41, 5.74) is 2.81. The van der Waals surface area contributed by atoms with E-state index < -0.39 is 5.76 Å². The van der Waals surface area contributed by atoms with Gasteiger partial charge in [0.1, 0.15) is 11.5 Å². The number of pyridine rings is 1. The van der Waals surface area contributed by atoms with Crippen LogP contribution in [0.3, 0.4) is 0 Å². The maximum atomic E-state index is 13.1. The Morgan fingerprint density at radius 3 is 2.72 bits per heavy atom. The molecule has 0 spiro atoms. The van der Waals surface area contributed by atoms with Crippen LogP contribution >= 0.6 is 0 Å². The molecule has 0 saturated carbocycles. The van der Waals surface area contributed by atoms with Gasteiger partial charge in [-0.05, 0) is 37.3 Å². The molecule has 3 heterocycles. The minimum absolute atomic E-state index is 0.192. The van der Waals surface area contributed by atoms with Crippen molar-refractivity contribution < 1.29 is 9.21 Å². The average Bonchev–Trinajstić information content (AvgIpc) is 3.17. The summed E-state index contributed by atoms with van der Waals surface area (Å²) in [5, 5.41) is 6.29. The number of amides is 1. The molecule has 0 unspecified atom stereocenters. The number of benzene rings is 1. The van der Waals surface area contributed by atoms with Gasteiger partial charge >= 0.3 is 5.76 Å². The Hall–Kier alpha value is -3.91. The lowest BCUT2D eigenvalue weighted by atomic mass is 10.2. The molecular weight excluding hydrogens is 406 g/mol. The number of para-hydroxylation sites is 2. The maximum Gasteiger partial charge on any atom is 0.425 e. The molecule has 1 aromatic carbocycles. The van der Waals surface area contributed by atoms with Crippen molar-refractivity contribution in [3.05, 3.63) is 94.9 Å². The van der Waals surface area contributed by atoms with Gasteiger partial charge in [0, 0.05) is 26.2 Å². The minimum Gasteiger partial charge on any atom is -0.407 e. The van der Waals surface area contributed by atoms with Crippen LogP contribution in [-0.2, 0) is 0 Å². The first-order valence-corrected chi connectivity index (χ1v) is 10.5. The molecule has 4 rings (SSSR count). The molecule has 2 N–H and O–H groups in total. The van der Waals surface area contributed by atoms with Gasteiger partial charge in [-0.3, -0.25) is 4.79 Å². The zero-order valence-corrected chi connectivity index (χ0v) is 17.9. The van der Waals surface area contributed by atoms with Crippen molar-refractivity contribution in [3.8, 4) is 5.82 Å². The Morgan fingerprint density at radius 2 is 1.97 bits per heavy atom. The molecule has 1 fully saturated rings. The third-order valence-corrected chi connectivity index (χ3v) is 5.23. The number of allylic oxidation sites excluding steroid dienone is 3. The molecule has 164 valence electrons. The Morgan fingerprint density at radius 1 is 1.19 bits per heavy atom. The highest BCUT2D eigenvalue weighted by Crippen LogP contribution is 2.18. The van der Waals surface area contributed by atoms with Crippen molar-refractivity contribution in [2.24, 2.45) is 0 Å². The van der Waals surface area contributed by atoms with Gasteiger partial charge in [-0.25, -0.2) is 14.3 Å². The highest BCUT2D eigenvalue weighted by atomic mass is 16.4. The van der Waals surface area contributed by atoms with E-state index in [4.69, 9.17) is 4.42 Å². The Kier molecular flexibility index (Phi) is 6.32. The zero-order chi connectivity index (χ0) is 22.5. The molecule has 0 radical (unpaired) electrons. The molecular formula is C24H25N5O3. The standard InChI is InChI=1S/C24H25N5O3/c1-3-8-19(28-15-13-25-14-16-28)17(4-2)27-23(30)18-9-7-12-22(26-18)29-20-10-5-6-11-21(20)32-24(29)31/h3-12,25H,1,13-16H2,2H3,(H,27,30)/b17-4+,19-8+. The van der Waals surface area contributed by atoms with Crippen molar-refractivity contribution in [3.63, 3.8) is 0 Å². The Labute approximate surface area is 185 Å². The van der Waals surface area contributed by atoms with E-state index >= 15 is 0 Å². The van der Waals surface area contributed by atoms with Crippen molar-refractivity contribution >= 4 is 17.0 Å². The third kappa shape index (κ3) is 4.26. The van der Waals surface area contributed by atoms with E-state index in [0.717, 1.165) is 31.9 Å². The number of nitrogens with zero attached hydrogens (tertiary/aromatic N) is 3. The molecule has 8 heteroatoms. The van der Waals surface area contributed by atoms with E-state index in [1.54, 1.807) is 42.5 Å². The summed E-state index contributed by atoms with van der Waals surface area (Å²) in [6, 6.07) is 12.1. The fraction of sp³-hybridized carbons (Fsp3) is 0.208. The van der Waals surface area contributed by atoms with E-state index in [0.29, 0.717) is 22.6 Å². The SMILES string of the molecule is C=C/C=C(\C(=C/C)NC(=O)c1cccc(-n2c(=O)oc3ccccc32)n1)N1CCNCC1. The predicted molar refractivity (Wildman–Crippen MR) is 124 cm³/mol. The molecule has 0 bridgehead atoms. The number of oxazole rings is 1. The second kappa shape index (κ2) is 9.49. The summed E-state index contributed by atoms with van der Waals surface area (Å²) in [7, 11) is 0. The Balaban J connectivity index is 1.62. The van der Waals surface area contributed by atoms with Crippen LogP contribution in [0.2, 0.25) is 0 Å². The van der Waals surface area contributed by atoms with Crippen LogP contribution in [0.15, 0.2) is 87.9 Å². The van der Waals surface area contributed by atoms with Crippen LogP contribution in [0.5, 0.6) is 0 Å². The summed E-state index contributed by atoms with van der Waals surface area (Å²) in [6.45, 7) is 9.08. The summed E-state index contributed by atoms with van der Waals surface area (Å²) < 4.78 is 6.65. The lowest BCUT2D eigenvalue weighted by Crippen LogP contribution is -2.44. The van der Waals surface area contributed by atoms with Crippen LogP contribution in [-0.4, -0.2) is 46.5 Å². The van der Waals surface area contributed by atoms with Gasteiger partial charge in [0.2, 0.25) is 0 Å². The fourth-order valence-corrected chi connectivity index (χ4v) is 3.71. The van der Waals surface area contributed by atoms with Crippen LogP contribution in [0, 0.1) is 0 Å². The molecule has 0 aliphatic carbocycles. The molecule has 1 aliphatic rings. The number of nitrogens with one attached hydrogen (secondary N) is 2. The van der Waals surface area contributed by atoms with Gasteiger partial charge < -0.3 is 20.0 Å². The molecule has 1 amide bonds. The van der Waals surface area contributed by atoms with Crippen molar-refractivity contribution in [2.45, 2.75) is 6.92 Å². The van der Waals surface area contributed by atoms with Crippen LogP contribution in [0.1, 0.15) is 17.4 Å².